The number of nitriles is 1. The molecule has 0 N–H and O–H groups in total. The fourth-order valence-corrected chi connectivity index (χ4v) is 4.80. The molecular formula is C20H26N4O2S. The summed E-state index contributed by atoms with van der Waals surface area (Å²) in [7, 11) is -2.87. The zero-order valence-electron chi connectivity index (χ0n) is 15.9. The topological polar surface area (TPSA) is 87.0 Å². The maximum Gasteiger partial charge on any atom is 0.147 e. The fraction of sp³-hybridized carbons (Fsp3) is 0.550. The first-order chi connectivity index (χ1) is 12.9. The summed E-state index contributed by atoms with van der Waals surface area (Å²) in [6, 6.07) is 6.00. The molecule has 0 unspecified atom stereocenters. The number of anilines is 1. The predicted molar refractivity (Wildman–Crippen MR) is 107 cm³/mol. The van der Waals surface area contributed by atoms with Crippen LogP contribution >= 0.6 is 0 Å². The molecule has 0 spiro atoms. The molecule has 2 aromatic rings. The van der Waals surface area contributed by atoms with Crippen LogP contribution in [0.3, 0.4) is 0 Å². The van der Waals surface area contributed by atoms with Crippen LogP contribution in [-0.2, 0) is 9.84 Å². The number of unbranched alkanes of at least 4 members (excludes halogenated alkanes) is 1. The van der Waals surface area contributed by atoms with E-state index in [1.54, 1.807) is 12.4 Å². The first-order valence-electron chi connectivity index (χ1n) is 9.44. The molecule has 0 bridgehead atoms. The van der Waals surface area contributed by atoms with Gasteiger partial charge in [0.1, 0.15) is 26.9 Å². The Balaban J connectivity index is 1.75. The van der Waals surface area contributed by atoms with Gasteiger partial charge in [-0.05, 0) is 43.2 Å². The Bertz CT molecular complexity index is 952. The van der Waals surface area contributed by atoms with Gasteiger partial charge in [0, 0.05) is 37.5 Å². The van der Waals surface area contributed by atoms with Gasteiger partial charge >= 0.3 is 0 Å². The summed E-state index contributed by atoms with van der Waals surface area (Å²) in [5.41, 5.74) is 3.01. The fourth-order valence-electron chi connectivity index (χ4n) is 4.07. The monoisotopic (exact) mass is 386 g/mol. The van der Waals surface area contributed by atoms with Crippen molar-refractivity contribution in [3.8, 4) is 6.07 Å². The third-order valence-corrected chi connectivity index (χ3v) is 6.22. The maximum atomic E-state index is 11.3. The summed E-state index contributed by atoms with van der Waals surface area (Å²) in [6.07, 6.45) is 8.46. The molecule has 1 aromatic carbocycles. The molecule has 0 amide bonds. The summed E-state index contributed by atoms with van der Waals surface area (Å²) in [5.74, 6) is 1.37. The van der Waals surface area contributed by atoms with Crippen LogP contribution in [0.25, 0.3) is 11.0 Å². The highest BCUT2D eigenvalue weighted by Gasteiger charge is 2.26. The van der Waals surface area contributed by atoms with E-state index in [1.807, 2.05) is 12.1 Å². The number of aromatic nitrogens is 2. The molecule has 2 heterocycles. The van der Waals surface area contributed by atoms with Crippen LogP contribution in [0, 0.1) is 23.2 Å². The molecule has 1 aromatic heterocycles. The first kappa shape index (κ1) is 19.6. The van der Waals surface area contributed by atoms with Crippen molar-refractivity contribution in [3.63, 3.8) is 0 Å². The average Bonchev–Trinajstić information content (AvgIpc) is 2.63. The Morgan fingerprint density at radius 2 is 1.93 bits per heavy atom. The molecule has 3 rings (SSSR count). The van der Waals surface area contributed by atoms with Gasteiger partial charge in [0.05, 0.1) is 11.3 Å². The van der Waals surface area contributed by atoms with Gasteiger partial charge in [-0.2, -0.15) is 5.26 Å². The highest BCUT2D eigenvalue weighted by atomic mass is 32.2. The third kappa shape index (κ3) is 4.95. The SMILES string of the molecule is C[C@H]1C[C@@H](CCCCS(C)(=O)=O)CN(c2ccc(C#N)c3nccnc23)C1. The Kier molecular flexibility index (Phi) is 5.95. The molecule has 0 saturated carbocycles. The second-order valence-electron chi connectivity index (χ2n) is 7.74. The van der Waals surface area contributed by atoms with E-state index in [1.165, 1.54) is 6.26 Å². The van der Waals surface area contributed by atoms with Crippen LogP contribution in [-0.4, -0.2) is 43.5 Å². The third-order valence-electron chi connectivity index (χ3n) is 5.19. The number of benzene rings is 1. The zero-order valence-corrected chi connectivity index (χ0v) is 16.7. The van der Waals surface area contributed by atoms with Gasteiger partial charge in [-0.1, -0.05) is 13.3 Å². The van der Waals surface area contributed by atoms with Crippen molar-refractivity contribution in [2.45, 2.75) is 32.6 Å². The molecule has 144 valence electrons. The Morgan fingerprint density at radius 3 is 2.63 bits per heavy atom. The largest absolute Gasteiger partial charge is 0.369 e. The molecule has 1 aliphatic rings. The van der Waals surface area contributed by atoms with E-state index in [0.717, 1.165) is 50.0 Å². The van der Waals surface area contributed by atoms with E-state index in [4.69, 9.17) is 0 Å². The molecule has 7 heteroatoms. The van der Waals surface area contributed by atoms with Gasteiger partial charge in [0.2, 0.25) is 0 Å². The summed E-state index contributed by atoms with van der Waals surface area (Å²) >= 11 is 0. The highest BCUT2D eigenvalue weighted by molar-refractivity contribution is 7.90. The summed E-state index contributed by atoms with van der Waals surface area (Å²) in [5, 5.41) is 9.32. The Hall–Kier alpha value is -2.20. The van der Waals surface area contributed by atoms with Crippen LogP contribution in [0.1, 0.15) is 38.2 Å². The Morgan fingerprint density at radius 1 is 1.19 bits per heavy atom. The average molecular weight is 387 g/mol. The molecule has 1 fully saturated rings. The molecule has 2 atom stereocenters. The predicted octanol–water partition coefficient (Wildman–Crippen LogP) is 3.18. The standard InChI is InChI=1S/C20H26N4O2S/c1-15-11-16(5-3-4-10-27(2,25)26)14-24(13-15)18-7-6-17(12-21)19-20(18)23-9-8-22-19/h6-9,15-16H,3-5,10-11,13-14H2,1-2H3/t15-,16+/m0/s1. The number of hydrogen-bond acceptors (Lipinski definition) is 6. The van der Waals surface area contributed by atoms with Gasteiger partial charge in [0.25, 0.3) is 0 Å². The van der Waals surface area contributed by atoms with Gasteiger partial charge in [-0.15, -0.1) is 0 Å². The lowest BCUT2D eigenvalue weighted by Crippen LogP contribution is -2.40. The zero-order chi connectivity index (χ0) is 19.4. The minimum atomic E-state index is -2.87. The van der Waals surface area contributed by atoms with Crippen LogP contribution in [0.2, 0.25) is 0 Å². The van der Waals surface area contributed by atoms with Gasteiger partial charge in [-0.3, -0.25) is 9.97 Å². The molecular weight excluding hydrogens is 360 g/mol. The van der Waals surface area contributed by atoms with E-state index in [-0.39, 0.29) is 5.75 Å². The van der Waals surface area contributed by atoms with E-state index in [2.05, 4.69) is 27.9 Å². The van der Waals surface area contributed by atoms with Crippen molar-refractivity contribution >= 4 is 26.6 Å². The van der Waals surface area contributed by atoms with E-state index < -0.39 is 9.84 Å². The number of piperidine rings is 1. The minimum absolute atomic E-state index is 0.273. The number of hydrogen-bond donors (Lipinski definition) is 0. The van der Waals surface area contributed by atoms with Crippen molar-refractivity contribution < 1.29 is 8.42 Å². The van der Waals surface area contributed by atoms with Crippen molar-refractivity contribution in [2.24, 2.45) is 11.8 Å². The van der Waals surface area contributed by atoms with E-state index in [0.29, 0.717) is 22.9 Å². The molecule has 6 nitrogen and oxygen atoms in total. The van der Waals surface area contributed by atoms with Crippen molar-refractivity contribution in [1.82, 2.24) is 9.97 Å². The molecule has 27 heavy (non-hydrogen) atoms. The highest BCUT2D eigenvalue weighted by Crippen LogP contribution is 2.33. The first-order valence-corrected chi connectivity index (χ1v) is 11.5. The lowest BCUT2D eigenvalue weighted by Gasteiger charge is -2.38. The molecule has 1 saturated heterocycles. The van der Waals surface area contributed by atoms with Crippen LogP contribution in [0.4, 0.5) is 5.69 Å². The second kappa shape index (κ2) is 8.22. The lowest BCUT2D eigenvalue weighted by atomic mass is 9.86. The summed E-state index contributed by atoms with van der Waals surface area (Å²) < 4.78 is 22.6. The number of sulfone groups is 1. The van der Waals surface area contributed by atoms with E-state index >= 15 is 0 Å². The minimum Gasteiger partial charge on any atom is -0.369 e. The van der Waals surface area contributed by atoms with Gasteiger partial charge < -0.3 is 4.90 Å². The van der Waals surface area contributed by atoms with Gasteiger partial charge in [-0.25, -0.2) is 8.42 Å². The summed E-state index contributed by atoms with van der Waals surface area (Å²) in [6.45, 7) is 4.14. The molecule has 0 radical (unpaired) electrons. The smallest absolute Gasteiger partial charge is 0.147 e. The van der Waals surface area contributed by atoms with Gasteiger partial charge in [0.15, 0.2) is 0 Å². The van der Waals surface area contributed by atoms with Crippen molar-refractivity contribution in [2.75, 3.05) is 30.0 Å². The molecule has 1 aliphatic heterocycles. The number of rotatable bonds is 6. The lowest BCUT2D eigenvalue weighted by molar-refractivity contribution is 0.315. The van der Waals surface area contributed by atoms with Crippen LogP contribution in [0.5, 0.6) is 0 Å². The normalized spacial score (nSPS) is 20.6. The molecule has 0 aliphatic carbocycles. The maximum absolute atomic E-state index is 11.3. The van der Waals surface area contributed by atoms with Crippen molar-refractivity contribution in [1.29, 1.82) is 5.26 Å². The summed E-state index contributed by atoms with van der Waals surface area (Å²) in [4.78, 5) is 11.2. The number of fused-ring (bicyclic) bond motifs is 1. The Labute approximate surface area is 161 Å². The van der Waals surface area contributed by atoms with Crippen LogP contribution < -0.4 is 4.90 Å². The number of nitrogens with zero attached hydrogens (tertiary/aromatic N) is 4. The second-order valence-corrected chi connectivity index (χ2v) is 9.99. The van der Waals surface area contributed by atoms with Crippen molar-refractivity contribution in [3.05, 3.63) is 30.1 Å². The van der Waals surface area contributed by atoms with Crippen LogP contribution in [0.15, 0.2) is 24.5 Å². The quantitative estimate of drug-likeness (QED) is 0.709. The van der Waals surface area contributed by atoms with E-state index in [9.17, 15) is 13.7 Å².